The average molecular weight is 287 g/mol. The molecule has 2 N–H and O–H groups in total. The molecule has 0 aromatic carbocycles. The number of hydrogen-bond acceptors (Lipinski definition) is 4. The van der Waals surface area contributed by atoms with Gasteiger partial charge in [-0.3, -0.25) is 14.3 Å². The summed E-state index contributed by atoms with van der Waals surface area (Å²) >= 11 is 6.02. The van der Waals surface area contributed by atoms with Gasteiger partial charge in [-0.05, 0) is 6.92 Å². The summed E-state index contributed by atoms with van der Waals surface area (Å²) in [6.07, 6.45) is 4.06. The summed E-state index contributed by atoms with van der Waals surface area (Å²) in [4.78, 5) is 25.6. The van der Waals surface area contributed by atoms with Crippen molar-refractivity contribution in [3.8, 4) is 0 Å². The minimum absolute atomic E-state index is 0.204. The van der Waals surface area contributed by atoms with E-state index in [1.54, 1.807) is 19.1 Å². The lowest BCUT2D eigenvalue weighted by molar-refractivity contribution is -0.0240. The predicted molar refractivity (Wildman–Crippen MR) is 71.3 cm³/mol. The van der Waals surface area contributed by atoms with Gasteiger partial charge in [0.1, 0.15) is 6.23 Å². The van der Waals surface area contributed by atoms with Gasteiger partial charge >= 0.3 is 5.69 Å². The van der Waals surface area contributed by atoms with Crippen LogP contribution in [0.3, 0.4) is 0 Å². The highest BCUT2D eigenvalue weighted by Crippen LogP contribution is 2.30. The fourth-order valence-electron chi connectivity index (χ4n) is 2.04. The fourth-order valence-corrected chi connectivity index (χ4v) is 2.33. The van der Waals surface area contributed by atoms with E-state index in [-0.39, 0.29) is 12.0 Å². The number of aliphatic hydroxyl groups excluding tert-OH is 1. The first-order valence-electron chi connectivity index (χ1n) is 5.95. The van der Waals surface area contributed by atoms with E-state index in [0.29, 0.717) is 12.0 Å². The normalized spacial score (nSPS) is 27.2. The number of allylic oxidation sites excluding steroid dienone is 1. The Kier molecular flexibility index (Phi) is 4.24. The zero-order valence-electron chi connectivity index (χ0n) is 10.4. The van der Waals surface area contributed by atoms with Crippen LogP contribution < -0.4 is 11.2 Å². The highest BCUT2D eigenvalue weighted by molar-refractivity contribution is 6.21. The highest BCUT2D eigenvalue weighted by Gasteiger charge is 2.35. The van der Waals surface area contributed by atoms with E-state index < -0.39 is 23.6 Å². The van der Waals surface area contributed by atoms with Gasteiger partial charge in [-0.25, -0.2) is 4.79 Å². The Morgan fingerprint density at radius 3 is 2.95 bits per heavy atom. The van der Waals surface area contributed by atoms with Crippen LogP contribution in [0.1, 0.15) is 25.1 Å². The quantitative estimate of drug-likeness (QED) is 0.791. The molecule has 1 aliphatic rings. The Hall–Kier alpha value is -1.37. The number of halogens is 1. The Labute approximate surface area is 114 Å². The molecule has 1 fully saturated rings. The van der Waals surface area contributed by atoms with Crippen molar-refractivity contribution in [2.45, 2.75) is 31.1 Å². The van der Waals surface area contributed by atoms with Gasteiger partial charge in [0, 0.05) is 12.6 Å². The summed E-state index contributed by atoms with van der Waals surface area (Å²) < 4.78 is 6.79. The molecule has 3 unspecified atom stereocenters. The molecular weight excluding hydrogens is 272 g/mol. The second kappa shape index (κ2) is 5.73. The molecule has 0 radical (unpaired) electrons. The van der Waals surface area contributed by atoms with Crippen LogP contribution in [0.4, 0.5) is 0 Å². The van der Waals surface area contributed by atoms with Crippen molar-refractivity contribution in [1.82, 2.24) is 9.55 Å². The highest BCUT2D eigenvalue weighted by atomic mass is 35.5. The lowest BCUT2D eigenvalue weighted by Gasteiger charge is -2.14. The first-order chi connectivity index (χ1) is 9.06. The summed E-state index contributed by atoms with van der Waals surface area (Å²) in [5.41, 5.74) is -0.631. The molecule has 0 amide bonds. The van der Waals surface area contributed by atoms with E-state index in [9.17, 15) is 9.59 Å². The molecule has 1 aromatic rings. The van der Waals surface area contributed by atoms with Gasteiger partial charge in [0.25, 0.3) is 5.56 Å². The van der Waals surface area contributed by atoms with Crippen LogP contribution in [0.5, 0.6) is 0 Å². The number of aromatic amines is 1. The fraction of sp³-hybridized carbons (Fsp3) is 0.500. The molecule has 104 valence electrons. The number of alkyl halides is 1. The van der Waals surface area contributed by atoms with Gasteiger partial charge in [-0.15, -0.1) is 11.6 Å². The molecule has 6 nitrogen and oxygen atoms in total. The van der Waals surface area contributed by atoms with Crippen molar-refractivity contribution in [2.75, 3.05) is 6.61 Å². The number of H-pyrrole nitrogens is 1. The van der Waals surface area contributed by atoms with Crippen molar-refractivity contribution in [3.63, 3.8) is 0 Å². The average Bonchev–Trinajstić information content (AvgIpc) is 2.74. The molecule has 0 bridgehead atoms. The maximum atomic E-state index is 11.8. The van der Waals surface area contributed by atoms with Gasteiger partial charge in [-0.2, -0.15) is 0 Å². The van der Waals surface area contributed by atoms with Crippen LogP contribution in [-0.2, 0) is 4.74 Å². The lowest BCUT2D eigenvalue weighted by Crippen LogP contribution is -2.33. The van der Waals surface area contributed by atoms with Crippen molar-refractivity contribution in [3.05, 3.63) is 38.7 Å². The van der Waals surface area contributed by atoms with Crippen molar-refractivity contribution >= 4 is 17.7 Å². The summed E-state index contributed by atoms with van der Waals surface area (Å²) in [6, 6.07) is 0. The Bertz CT molecular complexity index is 592. The number of nitrogens with zero attached hydrogens (tertiary/aromatic N) is 1. The number of rotatable bonds is 3. The molecule has 2 heterocycles. The van der Waals surface area contributed by atoms with E-state index >= 15 is 0 Å². The Morgan fingerprint density at radius 1 is 1.63 bits per heavy atom. The lowest BCUT2D eigenvalue weighted by atomic mass is 10.2. The van der Waals surface area contributed by atoms with Gasteiger partial charge in [-0.1, -0.05) is 12.2 Å². The minimum atomic E-state index is -0.576. The summed E-state index contributed by atoms with van der Waals surface area (Å²) in [5.74, 6) is 0. The number of nitrogens with one attached hydrogen (secondary N) is 1. The number of hydrogen-bond donors (Lipinski definition) is 2. The molecule has 0 spiro atoms. The van der Waals surface area contributed by atoms with Gasteiger partial charge in [0.15, 0.2) is 0 Å². The van der Waals surface area contributed by atoms with Gasteiger partial charge < -0.3 is 9.84 Å². The second-order valence-electron chi connectivity index (χ2n) is 4.31. The van der Waals surface area contributed by atoms with Crippen LogP contribution in [0.25, 0.3) is 6.08 Å². The van der Waals surface area contributed by atoms with Crippen LogP contribution in [0.2, 0.25) is 0 Å². The molecule has 2 rings (SSSR count). The van der Waals surface area contributed by atoms with E-state index in [1.807, 2.05) is 0 Å². The number of aromatic nitrogens is 2. The molecule has 0 saturated carbocycles. The molecular formula is C12H15ClN2O4. The van der Waals surface area contributed by atoms with Crippen molar-refractivity contribution < 1.29 is 9.84 Å². The third-order valence-corrected chi connectivity index (χ3v) is 3.45. The standard InChI is InChI=1S/C12H15ClN2O4/c1-2-3-7-5-15(12(18)14-11(7)17)10-4-8(13)9(6-16)19-10/h2-3,5,8-10,16H,4,6H2,1H3,(H,14,17,18)/b3-2+. The Morgan fingerprint density at radius 2 is 2.37 bits per heavy atom. The first-order valence-corrected chi connectivity index (χ1v) is 6.39. The third-order valence-electron chi connectivity index (χ3n) is 2.99. The zero-order valence-corrected chi connectivity index (χ0v) is 11.1. The molecule has 0 aliphatic carbocycles. The van der Waals surface area contributed by atoms with Crippen LogP contribution in [0.15, 0.2) is 21.9 Å². The molecule has 1 saturated heterocycles. The van der Waals surface area contributed by atoms with Gasteiger partial charge in [0.2, 0.25) is 0 Å². The van der Waals surface area contributed by atoms with E-state index in [0.717, 1.165) is 0 Å². The molecule has 1 aromatic heterocycles. The second-order valence-corrected chi connectivity index (χ2v) is 4.88. The van der Waals surface area contributed by atoms with Crippen molar-refractivity contribution in [2.24, 2.45) is 0 Å². The first kappa shape index (κ1) is 14.0. The summed E-state index contributed by atoms with van der Waals surface area (Å²) in [7, 11) is 0. The van der Waals surface area contributed by atoms with Crippen LogP contribution >= 0.6 is 11.6 Å². The number of aliphatic hydroxyl groups is 1. The zero-order chi connectivity index (χ0) is 14.0. The maximum Gasteiger partial charge on any atom is 0.330 e. The smallest absolute Gasteiger partial charge is 0.330 e. The van der Waals surface area contributed by atoms with Crippen molar-refractivity contribution in [1.29, 1.82) is 0 Å². The van der Waals surface area contributed by atoms with E-state index in [2.05, 4.69) is 4.98 Å². The topological polar surface area (TPSA) is 84.3 Å². The number of ether oxygens (including phenoxy) is 1. The van der Waals surface area contributed by atoms with Crippen LogP contribution in [-0.4, -0.2) is 32.7 Å². The third kappa shape index (κ3) is 2.80. The molecule has 7 heteroatoms. The monoisotopic (exact) mass is 286 g/mol. The largest absolute Gasteiger partial charge is 0.394 e. The summed E-state index contributed by atoms with van der Waals surface area (Å²) in [6.45, 7) is 1.57. The predicted octanol–water partition coefficient (Wildman–Crippen LogP) is 0.457. The minimum Gasteiger partial charge on any atom is -0.394 e. The molecule has 1 aliphatic heterocycles. The Balaban J connectivity index is 2.38. The van der Waals surface area contributed by atoms with E-state index in [4.69, 9.17) is 21.4 Å². The maximum absolute atomic E-state index is 11.8. The molecule has 19 heavy (non-hydrogen) atoms. The SMILES string of the molecule is C/C=C/c1cn(C2CC(Cl)C(CO)O2)c(=O)[nH]c1=O. The summed E-state index contributed by atoms with van der Waals surface area (Å²) in [5, 5.41) is 8.73. The molecule has 3 atom stereocenters. The van der Waals surface area contributed by atoms with E-state index in [1.165, 1.54) is 10.8 Å². The van der Waals surface area contributed by atoms with Gasteiger partial charge in [0.05, 0.1) is 23.7 Å². The van der Waals surface area contributed by atoms with Crippen LogP contribution in [0, 0.1) is 0 Å².